The Morgan fingerprint density at radius 1 is 1.56 bits per heavy atom. The minimum atomic E-state index is -0.0863. The van der Waals surface area contributed by atoms with Crippen LogP contribution in [0.25, 0.3) is 0 Å². The van der Waals surface area contributed by atoms with E-state index in [1.807, 2.05) is 0 Å². The lowest BCUT2D eigenvalue weighted by atomic mass is 10.3. The van der Waals surface area contributed by atoms with Gasteiger partial charge in [0.05, 0.1) is 18.1 Å². The fourth-order valence-corrected chi connectivity index (χ4v) is 3.99. The minimum Gasteiger partial charge on any atom is -0.393 e. The van der Waals surface area contributed by atoms with Gasteiger partial charge in [0.2, 0.25) is 0 Å². The quantitative estimate of drug-likeness (QED) is 0.604. The number of thiocarbonyl (C=S) groups is 1. The van der Waals surface area contributed by atoms with Crippen LogP contribution in [-0.2, 0) is 0 Å². The zero-order valence-electron chi connectivity index (χ0n) is 8.26. The molecule has 16 heavy (non-hydrogen) atoms. The summed E-state index contributed by atoms with van der Waals surface area (Å²) in [4.78, 5) is 12.2. The van der Waals surface area contributed by atoms with Crippen molar-refractivity contribution in [2.45, 2.75) is 12.8 Å². The number of nitrogens with one attached hydrogen (secondary N) is 1. The lowest BCUT2D eigenvalue weighted by Crippen LogP contribution is -2.25. The molecule has 1 aromatic rings. The Morgan fingerprint density at radius 2 is 2.25 bits per heavy atom. The highest BCUT2D eigenvalue weighted by Gasteiger charge is 2.12. The van der Waals surface area contributed by atoms with E-state index in [0.717, 1.165) is 14.0 Å². The van der Waals surface area contributed by atoms with Crippen molar-refractivity contribution in [3.63, 3.8) is 0 Å². The summed E-state index contributed by atoms with van der Waals surface area (Å²) in [5.74, 6) is -0.0863. The zero-order valence-corrected chi connectivity index (χ0v) is 13.1. The Balaban J connectivity index is 2.41. The number of halogens is 2. The van der Waals surface area contributed by atoms with Gasteiger partial charge in [-0.2, -0.15) is 0 Å². The third-order valence-electron chi connectivity index (χ3n) is 1.79. The van der Waals surface area contributed by atoms with Crippen molar-refractivity contribution in [1.82, 2.24) is 5.32 Å². The number of thiophene rings is 1. The maximum atomic E-state index is 11.7. The monoisotopic (exact) mass is 384 g/mol. The highest BCUT2D eigenvalue weighted by molar-refractivity contribution is 9.12. The molecule has 3 nitrogen and oxygen atoms in total. The normalized spacial score (nSPS) is 10.1. The van der Waals surface area contributed by atoms with E-state index in [1.54, 1.807) is 6.07 Å². The number of carbonyl (C=O) groups excluding carboxylic acids is 1. The van der Waals surface area contributed by atoms with Crippen LogP contribution in [0, 0.1) is 0 Å². The Labute approximate surface area is 120 Å². The van der Waals surface area contributed by atoms with Gasteiger partial charge in [-0.25, -0.2) is 0 Å². The molecule has 0 radical (unpaired) electrons. The number of hydrogen-bond donors (Lipinski definition) is 2. The second-order valence-electron chi connectivity index (χ2n) is 3.06. The molecule has 0 saturated heterocycles. The number of nitrogens with two attached hydrogens (primary N) is 1. The predicted octanol–water partition coefficient (Wildman–Crippen LogP) is 3.07. The van der Waals surface area contributed by atoms with Gasteiger partial charge in [-0.15, -0.1) is 11.3 Å². The molecule has 0 aliphatic carbocycles. The summed E-state index contributed by atoms with van der Waals surface area (Å²) in [6.45, 7) is 0.579. The van der Waals surface area contributed by atoms with Crippen molar-refractivity contribution in [2.75, 3.05) is 6.54 Å². The maximum absolute atomic E-state index is 11.7. The van der Waals surface area contributed by atoms with Crippen molar-refractivity contribution < 1.29 is 4.79 Å². The number of amides is 1. The molecule has 0 aliphatic heterocycles. The van der Waals surface area contributed by atoms with E-state index in [1.165, 1.54) is 11.3 Å². The average Bonchev–Trinajstić information content (AvgIpc) is 2.52. The highest BCUT2D eigenvalue weighted by Crippen LogP contribution is 2.31. The molecule has 0 fully saturated rings. The van der Waals surface area contributed by atoms with Gasteiger partial charge in [-0.1, -0.05) is 12.2 Å². The molecule has 0 unspecified atom stereocenters. The van der Waals surface area contributed by atoms with E-state index in [2.05, 4.69) is 37.2 Å². The van der Waals surface area contributed by atoms with Gasteiger partial charge in [0, 0.05) is 6.54 Å². The van der Waals surface area contributed by atoms with Gasteiger partial charge in [0.15, 0.2) is 0 Å². The first-order chi connectivity index (χ1) is 7.50. The van der Waals surface area contributed by atoms with E-state index in [9.17, 15) is 4.79 Å². The smallest absolute Gasteiger partial charge is 0.253 e. The van der Waals surface area contributed by atoms with Crippen molar-refractivity contribution in [3.8, 4) is 0 Å². The summed E-state index contributed by atoms with van der Waals surface area (Å²) < 4.78 is 1.75. The van der Waals surface area contributed by atoms with Crippen LogP contribution in [-0.4, -0.2) is 17.4 Å². The lowest BCUT2D eigenvalue weighted by molar-refractivity contribution is 0.0953. The lowest BCUT2D eigenvalue weighted by Gasteiger charge is -2.03. The van der Waals surface area contributed by atoms with Crippen molar-refractivity contribution in [2.24, 2.45) is 5.73 Å². The maximum Gasteiger partial charge on any atom is 0.253 e. The summed E-state index contributed by atoms with van der Waals surface area (Å²) in [5.41, 5.74) is 6.00. The first-order valence-electron chi connectivity index (χ1n) is 4.52. The fourth-order valence-electron chi connectivity index (χ4n) is 1.05. The second-order valence-corrected chi connectivity index (χ2v) is 7.34. The first-order valence-corrected chi connectivity index (χ1v) is 7.33. The van der Waals surface area contributed by atoms with Crippen LogP contribution in [0.4, 0.5) is 0 Å². The minimum absolute atomic E-state index is 0.0863. The van der Waals surface area contributed by atoms with Crippen LogP contribution in [0.2, 0.25) is 0 Å². The third-order valence-corrected chi connectivity index (χ3v) is 4.33. The fraction of sp³-hybridized carbons (Fsp3) is 0.333. The van der Waals surface area contributed by atoms with Gasteiger partial charge < -0.3 is 11.1 Å². The molecule has 0 aromatic carbocycles. The van der Waals surface area contributed by atoms with Gasteiger partial charge >= 0.3 is 0 Å². The third kappa shape index (κ3) is 4.48. The molecule has 1 rings (SSSR count). The first kappa shape index (κ1) is 14.1. The van der Waals surface area contributed by atoms with E-state index in [0.29, 0.717) is 23.5 Å². The molecular weight excluding hydrogens is 376 g/mol. The zero-order chi connectivity index (χ0) is 12.1. The Hall–Kier alpha value is 0.0200. The topological polar surface area (TPSA) is 55.1 Å². The summed E-state index contributed by atoms with van der Waals surface area (Å²) in [6, 6.07) is 1.79. The number of carbonyl (C=O) groups is 1. The van der Waals surface area contributed by atoms with Gasteiger partial charge in [0.1, 0.15) is 0 Å². The van der Waals surface area contributed by atoms with Gasteiger partial charge in [0.25, 0.3) is 5.91 Å². The highest BCUT2D eigenvalue weighted by atomic mass is 79.9. The van der Waals surface area contributed by atoms with Crippen LogP contribution in [0.15, 0.2) is 13.6 Å². The molecule has 0 saturated carbocycles. The van der Waals surface area contributed by atoms with Crippen LogP contribution < -0.4 is 11.1 Å². The van der Waals surface area contributed by atoms with Gasteiger partial charge in [-0.3, -0.25) is 4.79 Å². The molecule has 7 heteroatoms. The second kappa shape index (κ2) is 6.68. The van der Waals surface area contributed by atoms with Crippen LogP contribution in [0.5, 0.6) is 0 Å². The standard InChI is InChI=1S/C9H10Br2N2OS2/c10-6-4-5(8(11)16-6)9(14)13-3-1-2-7(12)15/h4H,1-3H2,(H2,12,15)(H,13,14). The molecule has 0 bridgehead atoms. The van der Waals surface area contributed by atoms with E-state index < -0.39 is 0 Å². The van der Waals surface area contributed by atoms with Crippen LogP contribution in [0.3, 0.4) is 0 Å². The predicted molar refractivity (Wildman–Crippen MR) is 78.1 cm³/mol. The van der Waals surface area contributed by atoms with Crippen LogP contribution >= 0.6 is 55.4 Å². The molecule has 88 valence electrons. The molecule has 1 aromatic heterocycles. The Kier molecular flexibility index (Phi) is 5.88. The molecule has 1 amide bonds. The van der Waals surface area contributed by atoms with E-state index in [-0.39, 0.29) is 5.91 Å². The average molecular weight is 386 g/mol. The molecule has 0 atom stereocenters. The molecule has 3 N–H and O–H groups in total. The summed E-state index contributed by atoms with van der Waals surface area (Å²) in [7, 11) is 0. The van der Waals surface area contributed by atoms with Gasteiger partial charge in [-0.05, 0) is 50.8 Å². The molecule has 1 heterocycles. The SMILES string of the molecule is NC(=S)CCCNC(=O)c1cc(Br)sc1Br. The van der Waals surface area contributed by atoms with E-state index >= 15 is 0 Å². The van der Waals surface area contributed by atoms with Crippen molar-refractivity contribution in [3.05, 3.63) is 19.2 Å². The summed E-state index contributed by atoms with van der Waals surface area (Å²) >= 11 is 12.9. The Bertz CT molecular complexity index is 406. The Morgan fingerprint density at radius 3 is 2.75 bits per heavy atom. The van der Waals surface area contributed by atoms with Crippen LogP contribution in [0.1, 0.15) is 23.2 Å². The molecule has 0 aliphatic rings. The largest absolute Gasteiger partial charge is 0.393 e. The number of hydrogen-bond acceptors (Lipinski definition) is 3. The summed E-state index contributed by atoms with van der Waals surface area (Å²) in [6.07, 6.45) is 1.42. The molecule has 0 spiro atoms. The summed E-state index contributed by atoms with van der Waals surface area (Å²) in [5, 5.41) is 2.81. The van der Waals surface area contributed by atoms with Crippen molar-refractivity contribution >= 4 is 66.3 Å². The van der Waals surface area contributed by atoms with Crippen molar-refractivity contribution in [1.29, 1.82) is 0 Å². The molecular formula is C9H10Br2N2OS2. The number of rotatable bonds is 5. The van der Waals surface area contributed by atoms with E-state index in [4.69, 9.17) is 18.0 Å².